The van der Waals surface area contributed by atoms with Crippen molar-refractivity contribution in [3.8, 4) is 11.3 Å². The first-order chi connectivity index (χ1) is 14.9. The normalized spacial score (nSPS) is 15.9. The van der Waals surface area contributed by atoms with Crippen molar-refractivity contribution in [2.45, 2.75) is 20.3 Å². The molecule has 4 rings (SSSR count). The fourth-order valence-electron chi connectivity index (χ4n) is 3.47. The average Bonchev–Trinajstić information content (AvgIpc) is 3.35. The van der Waals surface area contributed by atoms with Gasteiger partial charge < -0.3 is 9.15 Å². The van der Waals surface area contributed by atoms with Crippen molar-refractivity contribution in [1.29, 1.82) is 0 Å². The van der Waals surface area contributed by atoms with Crippen LogP contribution in [0.5, 0.6) is 0 Å². The van der Waals surface area contributed by atoms with E-state index in [2.05, 4.69) is 5.10 Å². The molecular formula is C24H21ClN2O4. The third-order valence-electron chi connectivity index (χ3n) is 5.33. The average molecular weight is 437 g/mol. The van der Waals surface area contributed by atoms with Crippen molar-refractivity contribution < 1.29 is 18.7 Å². The number of amides is 1. The lowest BCUT2D eigenvalue weighted by Gasteiger charge is -2.14. The summed E-state index contributed by atoms with van der Waals surface area (Å²) in [4.78, 5) is 24.6. The number of carbonyl (C=O) groups is 2. The summed E-state index contributed by atoms with van der Waals surface area (Å²) in [6.45, 7) is 3.75. The van der Waals surface area contributed by atoms with Crippen molar-refractivity contribution in [1.82, 2.24) is 0 Å². The van der Waals surface area contributed by atoms with Gasteiger partial charge in [0.25, 0.3) is 5.91 Å². The highest BCUT2D eigenvalue weighted by Gasteiger charge is 2.35. The minimum atomic E-state index is -0.402. The van der Waals surface area contributed by atoms with Gasteiger partial charge >= 0.3 is 5.97 Å². The van der Waals surface area contributed by atoms with E-state index in [1.807, 2.05) is 38.1 Å². The molecule has 0 saturated heterocycles. The SMILES string of the molecule is COC(=O)c1ccc(-c2ccc(C[C@@H]3C(=O)N(c4ccc(C)c(Cl)c4)N=C3C)o2)cc1. The van der Waals surface area contributed by atoms with Crippen LogP contribution in [0.25, 0.3) is 11.3 Å². The molecule has 1 amide bonds. The minimum absolute atomic E-state index is 0.113. The van der Waals surface area contributed by atoms with Crippen molar-refractivity contribution in [3.63, 3.8) is 0 Å². The third kappa shape index (κ3) is 4.11. The molecule has 1 aliphatic heterocycles. The van der Waals surface area contributed by atoms with Gasteiger partial charge in [0.15, 0.2) is 0 Å². The topological polar surface area (TPSA) is 72.1 Å². The van der Waals surface area contributed by atoms with Crippen LogP contribution < -0.4 is 5.01 Å². The maximum atomic E-state index is 13.0. The largest absolute Gasteiger partial charge is 0.465 e. The van der Waals surface area contributed by atoms with Crippen LogP contribution in [-0.4, -0.2) is 24.7 Å². The van der Waals surface area contributed by atoms with Crippen LogP contribution in [0.3, 0.4) is 0 Å². The number of halogens is 1. The molecule has 0 saturated carbocycles. The van der Waals surface area contributed by atoms with Crippen molar-refractivity contribution >= 4 is 34.9 Å². The molecule has 0 radical (unpaired) electrons. The number of furan rings is 1. The number of esters is 1. The number of anilines is 1. The number of hydrogen-bond acceptors (Lipinski definition) is 5. The molecule has 0 unspecified atom stereocenters. The molecule has 0 aliphatic carbocycles. The highest BCUT2D eigenvalue weighted by atomic mass is 35.5. The molecule has 1 aliphatic rings. The predicted molar refractivity (Wildman–Crippen MR) is 119 cm³/mol. The first kappa shape index (κ1) is 20.9. The quantitative estimate of drug-likeness (QED) is 0.510. The number of rotatable bonds is 5. The van der Waals surface area contributed by atoms with Crippen LogP contribution in [0.15, 0.2) is 64.1 Å². The Hall–Kier alpha value is -3.38. The maximum Gasteiger partial charge on any atom is 0.337 e. The number of methoxy groups -OCH3 is 1. The number of hydrogen-bond donors (Lipinski definition) is 0. The van der Waals surface area contributed by atoms with Crippen LogP contribution in [0.1, 0.15) is 28.6 Å². The number of ether oxygens (including phenoxy) is 1. The second-order valence-electron chi connectivity index (χ2n) is 7.42. The molecule has 0 spiro atoms. The molecule has 158 valence electrons. The van der Waals surface area contributed by atoms with Crippen LogP contribution in [0.4, 0.5) is 5.69 Å². The highest BCUT2D eigenvalue weighted by molar-refractivity contribution is 6.31. The van der Waals surface area contributed by atoms with E-state index in [4.69, 9.17) is 20.8 Å². The Morgan fingerprint density at radius 1 is 1.13 bits per heavy atom. The Balaban J connectivity index is 1.49. The van der Waals surface area contributed by atoms with Crippen LogP contribution in [-0.2, 0) is 16.0 Å². The Labute approximate surface area is 185 Å². The summed E-state index contributed by atoms with van der Waals surface area (Å²) < 4.78 is 10.7. The number of aryl methyl sites for hydroxylation is 1. The number of nitrogens with zero attached hydrogens (tertiary/aromatic N) is 2. The van der Waals surface area contributed by atoms with E-state index in [9.17, 15) is 9.59 Å². The summed E-state index contributed by atoms with van der Waals surface area (Å²) in [7, 11) is 1.35. The van der Waals surface area contributed by atoms with Crippen molar-refractivity contribution in [2.24, 2.45) is 11.0 Å². The molecule has 1 aromatic heterocycles. The zero-order chi connectivity index (χ0) is 22.1. The van der Waals surface area contributed by atoms with Gasteiger partial charge in [-0.3, -0.25) is 4.79 Å². The van der Waals surface area contributed by atoms with E-state index >= 15 is 0 Å². The second-order valence-corrected chi connectivity index (χ2v) is 7.82. The summed E-state index contributed by atoms with van der Waals surface area (Å²) in [5, 5.41) is 6.44. The van der Waals surface area contributed by atoms with E-state index in [1.54, 1.807) is 30.3 Å². The summed E-state index contributed by atoms with van der Waals surface area (Å²) in [5.74, 6) is 0.441. The molecule has 2 aromatic carbocycles. The maximum absolute atomic E-state index is 13.0. The van der Waals surface area contributed by atoms with Gasteiger partial charge in [0.1, 0.15) is 11.5 Å². The smallest absolute Gasteiger partial charge is 0.337 e. The molecule has 0 N–H and O–H groups in total. The van der Waals surface area contributed by atoms with Gasteiger partial charge in [-0.2, -0.15) is 5.10 Å². The Morgan fingerprint density at radius 3 is 2.55 bits per heavy atom. The lowest BCUT2D eigenvalue weighted by molar-refractivity contribution is -0.119. The highest BCUT2D eigenvalue weighted by Crippen LogP contribution is 2.31. The summed E-state index contributed by atoms with van der Waals surface area (Å²) in [6, 6.07) is 16.1. The standard InChI is InChI=1S/C24H21ClN2O4/c1-14-4-9-18(12-21(14)25)27-23(28)20(15(2)26-27)13-19-10-11-22(31-19)16-5-7-17(8-6-16)24(29)30-3/h4-12,20H,13H2,1-3H3/t20-/m0/s1. The molecule has 2 heterocycles. The van der Waals surface area contributed by atoms with Crippen LogP contribution >= 0.6 is 11.6 Å². The molecule has 31 heavy (non-hydrogen) atoms. The Morgan fingerprint density at radius 2 is 1.87 bits per heavy atom. The molecule has 0 bridgehead atoms. The van der Waals surface area contributed by atoms with Crippen LogP contribution in [0.2, 0.25) is 5.02 Å². The molecule has 3 aromatic rings. The molecule has 6 nitrogen and oxygen atoms in total. The van der Waals surface area contributed by atoms with Crippen LogP contribution in [0, 0.1) is 12.8 Å². The zero-order valence-corrected chi connectivity index (χ0v) is 18.1. The Bertz CT molecular complexity index is 1180. The number of benzene rings is 2. The molecule has 1 atom stereocenters. The van der Waals surface area contributed by atoms with Crippen molar-refractivity contribution in [2.75, 3.05) is 12.1 Å². The lowest BCUT2D eigenvalue weighted by Crippen LogP contribution is -2.28. The minimum Gasteiger partial charge on any atom is -0.465 e. The van der Waals surface area contributed by atoms with E-state index in [0.29, 0.717) is 34.2 Å². The first-order valence-electron chi connectivity index (χ1n) is 9.80. The van der Waals surface area contributed by atoms with Gasteiger partial charge in [0.05, 0.1) is 24.3 Å². The summed E-state index contributed by atoms with van der Waals surface area (Å²) in [6.07, 6.45) is 0.407. The number of hydrazone groups is 1. The molecule has 7 heteroatoms. The van der Waals surface area contributed by atoms with Gasteiger partial charge in [-0.25, -0.2) is 9.80 Å². The Kier molecular flexibility index (Phi) is 5.65. The van der Waals surface area contributed by atoms with E-state index in [-0.39, 0.29) is 11.9 Å². The fourth-order valence-corrected chi connectivity index (χ4v) is 3.64. The predicted octanol–water partition coefficient (Wildman–Crippen LogP) is 5.28. The van der Waals surface area contributed by atoms with E-state index in [0.717, 1.165) is 16.8 Å². The van der Waals surface area contributed by atoms with Gasteiger partial charge in [-0.15, -0.1) is 0 Å². The second kappa shape index (κ2) is 8.40. The lowest BCUT2D eigenvalue weighted by atomic mass is 9.99. The van der Waals surface area contributed by atoms with E-state index < -0.39 is 5.92 Å². The monoisotopic (exact) mass is 436 g/mol. The molecule has 0 fully saturated rings. The van der Waals surface area contributed by atoms with Gasteiger partial charge in [-0.05, 0) is 55.8 Å². The van der Waals surface area contributed by atoms with Gasteiger partial charge in [-0.1, -0.05) is 29.8 Å². The first-order valence-corrected chi connectivity index (χ1v) is 10.2. The zero-order valence-electron chi connectivity index (χ0n) is 17.4. The molecular weight excluding hydrogens is 416 g/mol. The van der Waals surface area contributed by atoms with Gasteiger partial charge in [0, 0.05) is 22.7 Å². The van der Waals surface area contributed by atoms with Gasteiger partial charge in [0.2, 0.25) is 0 Å². The number of carbonyl (C=O) groups excluding carboxylic acids is 2. The summed E-state index contributed by atoms with van der Waals surface area (Å²) in [5.41, 5.74) is 3.61. The third-order valence-corrected chi connectivity index (χ3v) is 5.73. The fraction of sp³-hybridized carbons (Fsp3) is 0.208. The van der Waals surface area contributed by atoms with E-state index in [1.165, 1.54) is 12.1 Å². The summed E-state index contributed by atoms with van der Waals surface area (Å²) >= 11 is 6.21. The van der Waals surface area contributed by atoms with Crippen molar-refractivity contribution in [3.05, 3.63) is 76.5 Å².